The monoisotopic (exact) mass is 466 g/mol. The van der Waals surface area contributed by atoms with Crippen molar-refractivity contribution in [2.75, 3.05) is 0 Å². The molecule has 0 unspecified atom stereocenters. The number of ketones is 1. The third kappa shape index (κ3) is 4.41. The maximum absolute atomic E-state index is 13.4. The van der Waals surface area contributed by atoms with Crippen molar-refractivity contribution in [1.29, 1.82) is 0 Å². The lowest BCUT2D eigenvalue weighted by atomic mass is 9.42. The van der Waals surface area contributed by atoms with Gasteiger partial charge < -0.3 is 0 Å². The predicted molar refractivity (Wildman–Crippen MR) is 145 cm³/mol. The van der Waals surface area contributed by atoms with Gasteiger partial charge >= 0.3 is 0 Å². The number of fused-ring (bicyclic) bond motifs is 5. The second kappa shape index (κ2) is 10.3. The molecule has 0 radical (unpaired) electrons. The average Bonchev–Trinajstić information content (AvgIpc) is 3.14. The van der Waals surface area contributed by atoms with Gasteiger partial charge in [0.15, 0.2) is 0 Å². The molecule has 4 aliphatic rings. The first-order valence-electron chi connectivity index (χ1n) is 14.9. The van der Waals surface area contributed by atoms with Crippen molar-refractivity contribution < 1.29 is 4.79 Å². The van der Waals surface area contributed by atoms with E-state index in [1.807, 2.05) is 12.2 Å². The summed E-state index contributed by atoms with van der Waals surface area (Å²) in [5.41, 5.74) is 0.869. The molecular weight excluding hydrogens is 412 g/mol. The van der Waals surface area contributed by atoms with E-state index in [0.717, 1.165) is 54.8 Å². The van der Waals surface area contributed by atoms with Gasteiger partial charge in [0.05, 0.1) is 0 Å². The third-order valence-corrected chi connectivity index (χ3v) is 12.0. The van der Waals surface area contributed by atoms with E-state index in [4.69, 9.17) is 0 Å². The normalized spacial score (nSPS) is 44.8. The maximum Gasteiger partial charge on any atom is 0.139 e. The van der Waals surface area contributed by atoms with Crippen LogP contribution in [-0.4, -0.2) is 5.78 Å². The van der Waals surface area contributed by atoms with Crippen LogP contribution in [-0.2, 0) is 4.79 Å². The summed E-state index contributed by atoms with van der Waals surface area (Å²) < 4.78 is 0. The van der Waals surface area contributed by atoms with Crippen LogP contribution in [0, 0.1) is 64.1 Å². The third-order valence-electron chi connectivity index (χ3n) is 12.0. The van der Waals surface area contributed by atoms with E-state index in [1.165, 1.54) is 57.8 Å². The number of hydrogen-bond donors (Lipinski definition) is 0. The van der Waals surface area contributed by atoms with Crippen molar-refractivity contribution in [2.45, 2.75) is 112 Å². The molecule has 192 valence electrons. The molecule has 0 saturated heterocycles. The number of allylic oxidation sites excluding steroid dienone is 2. The summed E-state index contributed by atoms with van der Waals surface area (Å²) in [6.45, 7) is 20.7. The molecule has 0 amide bonds. The molecule has 0 aromatic carbocycles. The second-order valence-electron chi connectivity index (χ2n) is 14.1. The molecule has 4 rings (SSSR count). The molecule has 0 aromatic heterocycles. The smallest absolute Gasteiger partial charge is 0.139 e. The fourth-order valence-electron chi connectivity index (χ4n) is 10.5. The van der Waals surface area contributed by atoms with Gasteiger partial charge in [-0.2, -0.15) is 0 Å². The lowest BCUT2D eigenvalue weighted by molar-refractivity contribution is -0.160. The molecule has 0 N–H and O–H groups in total. The molecule has 4 saturated carbocycles. The molecule has 1 nitrogen and oxygen atoms in total. The van der Waals surface area contributed by atoms with Gasteiger partial charge in [-0.1, -0.05) is 66.0 Å². The molecule has 1 heteroatoms. The van der Waals surface area contributed by atoms with E-state index < -0.39 is 0 Å². The molecule has 0 aromatic rings. The SMILES string of the molecule is C=CC[C@@H]1C[C@]2(C)[C@H]3CC[C@]4(C)[C@@H]([C@H](C)CCCC(C)C)CC[C@H]4[C@@H]3CC[C@H]2[C@H](CC=C)C1=O. The van der Waals surface area contributed by atoms with Crippen LogP contribution >= 0.6 is 0 Å². The minimum atomic E-state index is 0.188. The number of hydrogen-bond acceptors (Lipinski definition) is 1. The number of carbonyl (C=O) groups excluding carboxylic acids is 1. The van der Waals surface area contributed by atoms with Crippen molar-refractivity contribution in [3.05, 3.63) is 25.3 Å². The standard InChI is InChI=1S/C33H54O/c1-8-11-24-21-33(7)29(26(12-9-2)31(24)34)16-15-25-28-18-17-27(23(5)14-10-13-22(3)4)32(28,6)20-19-30(25)33/h8-9,22-30H,1-2,10-21H2,3-7H3/t23-,24-,25+,26+,27-,28+,29+,30+,32-,33+/m1/s1. The van der Waals surface area contributed by atoms with E-state index in [0.29, 0.717) is 22.5 Å². The molecule has 34 heavy (non-hydrogen) atoms. The Labute approximate surface area is 211 Å². The molecule has 0 aliphatic heterocycles. The van der Waals surface area contributed by atoms with Gasteiger partial charge in [0.1, 0.15) is 5.78 Å². The van der Waals surface area contributed by atoms with Gasteiger partial charge in [0.2, 0.25) is 0 Å². The maximum atomic E-state index is 13.4. The number of carbonyl (C=O) groups is 1. The minimum Gasteiger partial charge on any atom is -0.299 e. The van der Waals surface area contributed by atoms with Crippen molar-refractivity contribution in [1.82, 2.24) is 0 Å². The fourth-order valence-corrected chi connectivity index (χ4v) is 10.5. The molecule has 4 aliphatic carbocycles. The molecule has 0 spiro atoms. The Bertz CT molecular complexity index is 750. The quantitative estimate of drug-likeness (QED) is 0.309. The van der Waals surface area contributed by atoms with Gasteiger partial charge in [0, 0.05) is 11.8 Å². The van der Waals surface area contributed by atoms with E-state index in [1.54, 1.807) is 0 Å². The minimum absolute atomic E-state index is 0.188. The molecule has 4 fully saturated rings. The van der Waals surface area contributed by atoms with Crippen LogP contribution in [0.5, 0.6) is 0 Å². The summed E-state index contributed by atoms with van der Waals surface area (Å²) in [6.07, 6.45) is 19.5. The zero-order valence-electron chi connectivity index (χ0n) is 23.2. The highest BCUT2D eigenvalue weighted by Gasteiger charge is 2.62. The largest absolute Gasteiger partial charge is 0.299 e. The average molecular weight is 467 g/mol. The predicted octanol–water partition coefficient (Wildman–Crippen LogP) is 9.28. The fraction of sp³-hybridized carbons (Fsp3) is 0.848. The Morgan fingerprint density at radius 2 is 1.56 bits per heavy atom. The van der Waals surface area contributed by atoms with Gasteiger partial charge in [0.25, 0.3) is 0 Å². The topological polar surface area (TPSA) is 17.1 Å². The Morgan fingerprint density at radius 1 is 0.882 bits per heavy atom. The first kappa shape index (κ1) is 26.2. The Morgan fingerprint density at radius 3 is 2.24 bits per heavy atom. The van der Waals surface area contributed by atoms with Crippen LogP contribution in [0.3, 0.4) is 0 Å². The highest BCUT2D eigenvalue weighted by atomic mass is 16.1. The zero-order chi connectivity index (χ0) is 24.7. The lowest BCUT2D eigenvalue weighted by Crippen LogP contribution is -2.57. The van der Waals surface area contributed by atoms with Crippen LogP contribution in [0.1, 0.15) is 112 Å². The summed E-state index contributed by atoms with van der Waals surface area (Å²) in [7, 11) is 0. The van der Waals surface area contributed by atoms with Crippen LogP contribution in [0.4, 0.5) is 0 Å². The van der Waals surface area contributed by atoms with Gasteiger partial charge in [-0.3, -0.25) is 4.79 Å². The summed E-state index contributed by atoms with van der Waals surface area (Å²) in [4.78, 5) is 13.4. The highest BCUT2D eigenvalue weighted by Crippen LogP contribution is 2.69. The van der Waals surface area contributed by atoms with Gasteiger partial charge in [-0.25, -0.2) is 0 Å². The zero-order valence-corrected chi connectivity index (χ0v) is 23.2. The van der Waals surface area contributed by atoms with E-state index >= 15 is 0 Å². The molecular formula is C33H54O. The Kier molecular flexibility index (Phi) is 7.91. The second-order valence-corrected chi connectivity index (χ2v) is 14.1. The molecule has 10 atom stereocenters. The van der Waals surface area contributed by atoms with Crippen LogP contribution in [0.2, 0.25) is 0 Å². The summed E-state index contributed by atoms with van der Waals surface area (Å²) >= 11 is 0. The summed E-state index contributed by atoms with van der Waals surface area (Å²) in [6, 6.07) is 0. The van der Waals surface area contributed by atoms with Crippen molar-refractivity contribution in [2.24, 2.45) is 64.1 Å². The van der Waals surface area contributed by atoms with Crippen LogP contribution in [0.25, 0.3) is 0 Å². The van der Waals surface area contributed by atoms with E-state index in [-0.39, 0.29) is 11.8 Å². The van der Waals surface area contributed by atoms with Crippen LogP contribution < -0.4 is 0 Å². The Balaban J connectivity index is 1.54. The van der Waals surface area contributed by atoms with Gasteiger partial charge in [-0.05, 0) is 110 Å². The van der Waals surface area contributed by atoms with E-state index in [2.05, 4.69) is 47.8 Å². The first-order chi connectivity index (χ1) is 16.2. The first-order valence-corrected chi connectivity index (χ1v) is 14.9. The van der Waals surface area contributed by atoms with Crippen molar-refractivity contribution in [3.63, 3.8) is 0 Å². The Hall–Kier alpha value is -0.850. The van der Waals surface area contributed by atoms with Crippen molar-refractivity contribution in [3.8, 4) is 0 Å². The lowest BCUT2D eigenvalue weighted by Gasteiger charge is -2.62. The summed E-state index contributed by atoms with van der Waals surface area (Å²) in [5.74, 6) is 6.72. The van der Waals surface area contributed by atoms with Crippen molar-refractivity contribution >= 4 is 5.78 Å². The molecule has 0 heterocycles. The van der Waals surface area contributed by atoms with E-state index in [9.17, 15) is 4.79 Å². The summed E-state index contributed by atoms with van der Waals surface area (Å²) in [5, 5.41) is 0. The van der Waals surface area contributed by atoms with Crippen LogP contribution in [0.15, 0.2) is 25.3 Å². The number of rotatable bonds is 9. The number of Topliss-reactive ketones (excluding diaryl/α,β-unsaturated/α-hetero) is 1. The highest BCUT2D eigenvalue weighted by molar-refractivity contribution is 5.85. The van der Waals surface area contributed by atoms with Gasteiger partial charge in [-0.15, -0.1) is 13.2 Å². The molecule has 0 bridgehead atoms.